The van der Waals surface area contributed by atoms with Gasteiger partial charge in [-0.3, -0.25) is 0 Å². The van der Waals surface area contributed by atoms with Gasteiger partial charge in [0, 0.05) is 12.1 Å². The minimum absolute atomic E-state index is 0.473. The first-order valence-electron chi connectivity index (χ1n) is 5.34. The van der Waals surface area contributed by atoms with Crippen LogP contribution in [0.3, 0.4) is 0 Å². The van der Waals surface area contributed by atoms with Crippen LogP contribution in [0, 0.1) is 0 Å². The third kappa shape index (κ3) is 2.63. The summed E-state index contributed by atoms with van der Waals surface area (Å²) in [5, 5.41) is 0. The monoisotopic (exact) mass is 246 g/mol. The number of nitrogens with two attached hydrogens (primary N) is 1. The van der Waals surface area contributed by atoms with Gasteiger partial charge >= 0.3 is 0 Å². The maximum absolute atomic E-state index is 5.79. The van der Waals surface area contributed by atoms with E-state index in [-0.39, 0.29) is 0 Å². The van der Waals surface area contributed by atoms with Gasteiger partial charge in [-0.25, -0.2) is 4.98 Å². The van der Waals surface area contributed by atoms with Gasteiger partial charge in [-0.2, -0.15) is 0 Å². The summed E-state index contributed by atoms with van der Waals surface area (Å²) in [6, 6.07) is 8.69. The van der Waals surface area contributed by atoms with E-state index in [1.54, 1.807) is 50.7 Å². The van der Waals surface area contributed by atoms with Crippen molar-refractivity contribution >= 4 is 5.69 Å². The highest BCUT2D eigenvalue weighted by Gasteiger charge is 2.03. The van der Waals surface area contributed by atoms with E-state index in [1.807, 2.05) is 0 Å². The lowest BCUT2D eigenvalue weighted by molar-refractivity contribution is 0.406. The van der Waals surface area contributed by atoms with Crippen LogP contribution < -0.4 is 19.9 Å². The molecule has 0 radical (unpaired) electrons. The molecule has 2 N–H and O–H groups in total. The molecule has 5 nitrogen and oxygen atoms in total. The Hall–Kier alpha value is -2.43. The van der Waals surface area contributed by atoms with Crippen LogP contribution in [0.4, 0.5) is 5.69 Å². The van der Waals surface area contributed by atoms with E-state index in [2.05, 4.69) is 4.98 Å². The minimum Gasteiger partial charge on any atom is -0.495 e. The first-order chi connectivity index (χ1) is 8.72. The van der Waals surface area contributed by atoms with Gasteiger partial charge in [-0.1, -0.05) is 0 Å². The Kier molecular flexibility index (Phi) is 3.52. The lowest BCUT2D eigenvalue weighted by atomic mass is 10.3. The summed E-state index contributed by atoms with van der Waals surface area (Å²) in [5.41, 5.74) is 6.30. The number of benzene rings is 1. The maximum atomic E-state index is 5.79. The molecular weight excluding hydrogens is 232 g/mol. The fraction of sp³-hybridized carbons (Fsp3) is 0.154. The van der Waals surface area contributed by atoms with Crippen molar-refractivity contribution in [2.24, 2.45) is 0 Å². The van der Waals surface area contributed by atoms with Gasteiger partial charge in [-0.05, 0) is 18.2 Å². The maximum Gasteiger partial charge on any atom is 0.219 e. The number of ether oxygens (including phenoxy) is 3. The molecule has 0 fully saturated rings. The summed E-state index contributed by atoms with van der Waals surface area (Å²) in [7, 11) is 3.15. The zero-order chi connectivity index (χ0) is 13.0. The fourth-order valence-corrected chi connectivity index (χ4v) is 1.44. The molecule has 0 aliphatic heterocycles. The van der Waals surface area contributed by atoms with Gasteiger partial charge in [0.05, 0.1) is 26.1 Å². The van der Waals surface area contributed by atoms with Crippen LogP contribution in [0.5, 0.6) is 23.1 Å². The van der Waals surface area contributed by atoms with Crippen LogP contribution >= 0.6 is 0 Å². The molecule has 0 bridgehead atoms. The molecule has 0 saturated heterocycles. The third-order valence-corrected chi connectivity index (χ3v) is 2.37. The molecule has 5 heteroatoms. The lowest BCUT2D eigenvalue weighted by Crippen LogP contribution is -1.94. The van der Waals surface area contributed by atoms with Crippen LogP contribution in [-0.2, 0) is 0 Å². The summed E-state index contributed by atoms with van der Waals surface area (Å²) in [6.45, 7) is 0. The predicted octanol–water partition coefficient (Wildman–Crippen LogP) is 2.47. The Labute approximate surface area is 105 Å². The largest absolute Gasteiger partial charge is 0.495 e. The van der Waals surface area contributed by atoms with Crippen LogP contribution in [0.2, 0.25) is 0 Å². The normalized spacial score (nSPS) is 9.89. The summed E-state index contributed by atoms with van der Waals surface area (Å²) < 4.78 is 15.6. The Morgan fingerprint density at radius 3 is 2.33 bits per heavy atom. The summed E-state index contributed by atoms with van der Waals surface area (Å²) >= 11 is 0. The second-order valence-electron chi connectivity index (χ2n) is 3.54. The number of aromatic nitrogens is 1. The van der Waals surface area contributed by atoms with Crippen molar-refractivity contribution in [1.82, 2.24) is 4.98 Å². The smallest absolute Gasteiger partial charge is 0.219 e. The van der Waals surface area contributed by atoms with E-state index < -0.39 is 0 Å². The molecule has 18 heavy (non-hydrogen) atoms. The fourth-order valence-electron chi connectivity index (χ4n) is 1.44. The van der Waals surface area contributed by atoms with Crippen molar-refractivity contribution in [3.63, 3.8) is 0 Å². The standard InChI is InChI=1S/C13H14N2O3/c1-16-10-4-6-13(15-8-10)18-9-3-5-12(17-2)11(14)7-9/h3-8H,14H2,1-2H3. The van der Waals surface area contributed by atoms with Gasteiger partial charge < -0.3 is 19.9 Å². The molecular formula is C13H14N2O3. The summed E-state index contributed by atoms with van der Waals surface area (Å²) in [4.78, 5) is 4.10. The third-order valence-electron chi connectivity index (χ3n) is 2.37. The first-order valence-corrected chi connectivity index (χ1v) is 5.34. The highest BCUT2D eigenvalue weighted by Crippen LogP contribution is 2.28. The number of nitrogens with zero attached hydrogens (tertiary/aromatic N) is 1. The average molecular weight is 246 g/mol. The SMILES string of the molecule is COc1ccc(Oc2ccc(OC)c(N)c2)nc1. The van der Waals surface area contributed by atoms with Crippen molar-refractivity contribution < 1.29 is 14.2 Å². The Bertz CT molecular complexity index is 526. The number of hydrogen-bond acceptors (Lipinski definition) is 5. The zero-order valence-electron chi connectivity index (χ0n) is 10.2. The van der Waals surface area contributed by atoms with Gasteiger partial charge in [0.2, 0.25) is 5.88 Å². The molecule has 1 heterocycles. The molecule has 0 saturated carbocycles. The van der Waals surface area contributed by atoms with Crippen molar-refractivity contribution in [2.75, 3.05) is 20.0 Å². The van der Waals surface area contributed by atoms with E-state index in [0.717, 1.165) is 0 Å². The molecule has 1 aromatic heterocycles. The van der Waals surface area contributed by atoms with Crippen LogP contribution in [0.15, 0.2) is 36.5 Å². The molecule has 0 amide bonds. The molecule has 94 valence electrons. The first kappa shape index (κ1) is 12.0. The molecule has 2 rings (SSSR count). The molecule has 0 unspecified atom stereocenters. The predicted molar refractivity (Wildman–Crippen MR) is 68.3 cm³/mol. The number of methoxy groups -OCH3 is 2. The second kappa shape index (κ2) is 5.27. The molecule has 0 aliphatic carbocycles. The highest BCUT2D eigenvalue weighted by atomic mass is 16.5. The van der Waals surface area contributed by atoms with E-state index in [9.17, 15) is 0 Å². The quantitative estimate of drug-likeness (QED) is 0.839. The molecule has 1 aromatic carbocycles. The Morgan fingerprint density at radius 2 is 1.78 bits per heavy atom. The van der Waals surface area contributed by atoms with Crippen molar-refractivity contribution in [1.29, 1.82) is 0 Å². The van der Waals surface area contributed by atoms with Crippen LogP contribution in [0.25, 0.3) is 0 Å². The van der Waals surface area contributed by atoms with Crippen LogP contribution in [-0.4, -0.2) is 19.2 Å². The topological polar surface area (TPSA) is 66.6 Å². The number of nitrogen functional groups attached to an aromatic ring is 1. The molecule has 0 aliphatic rings. The van der Waals surface area contributed by atoms with Crippen molar-refractivity contribution in [3.05, 3.63) is 36.5 Å². The molecule has 0 atom stereocenters. The zero-order valence-corrected chi connectivity index (χ0v) is 10.2. The number of pyridine rings is 1. The summed E-state index contributed by atoms with van der Waals surface area (Å²) in [6.07, 6.45) is 1.59. The number of hydrogen-bond donors (Lipinski definition) is 1. The highest BCUT2D eigenvalue weighted by molar-refractivity contribution is 5.56. The van der Waals surface area contributed by atoms with Gasteiger partial charge in [-0.15, -0.1) is 0 Å². The molecule has 0 spiro atoms. The molecule has 2 aromatic rings. The average Bonchev–Trinajstić information content (AvgIpc) is 2.40. The number of anilines is 1. The van der Waals surface area contributed by atoms with E-state index in [1.165, 1.54) is 0 Å². The Morgan fingerprint density at radius 1 is 1.00 bits per heavy atom. The lowest BCUT2D eigenvalue weighted by Gasteiger charge is -2.08. The van der Waals surface area contributed by atoms with Crippen LogP contribution in [0.1, 0.15) is 0 Å². The van der Waals surface area contributed by atoms with Gasteiger partial charge in [0.25, 0.3) is 0 Å². The second-order valence-corrected chi connectivity index (χ2v) is 3.54. The van der Waals surface area contributed by atoms with Crippen molar-refractivity contribution in [3.8, 4) is 23.1 Å². The summed E-state index contributed by atoms with van der Waals surface area (Å²) in [5.74, 6) is 2.37. The van der Waals surface area contributed by atoms with E-state index in [0.29, 0.717) is 28.8 Å². The Balaban J connectivity index is 2.15. The minimum atomic E-state index is 0.473. The van der Waals surface area contributed by atoms with Crippen molar-refractivity contribution in [2.45, 2.75) is 0 Å². The number of rotatable bonds is 4. The van der Waals surface area contributed by atoms with E-state index in [4.69, 9.17) is 19.9 Å². The van der Waals surface area contributed by atoms with E-state index >= 15 is 0 Å². The van der Waals surface area contributed by atoms with Gasteiger partial charge in [0.15, 0.2) is 0 Å². The van der Waals surface area contributed by atoms with Gasteiger partial charge in [0.1, 0.15) is 17.2 Å².